The van der Waals surface area contributed by atoms with Gasteiger partial charge in [-0.05, 0) is 56.9 Å². The molecule has 0 atom stereocenters. The summed E-state index contributed by atoms with van der Waals surface area (Å²) in [7, 11) is 0. The van der Waals surface area contributed by atoms with Crippen molar-refractivity contribution >= 4 is 33.5 Å². The topological polar surface area (TPSA) is 57.6 Å². The number of aliphatic carboxylic acids is 1. The number of carboxylic acids is 1. The van der Waals surface area contributed by atoms with Crippen molar-refractivity contribution in [2.45, 2.75) is 47.5 Å². The van der Waals surface area contributed by atoms with Gasteiger partial charge in [0.25, 0.3) is 0 Å². The molecule has 0 saturated heterocycles. The molecule has 0 spiro atoms. The molecule has 21 heavy (non-hydrogen) atoms. The number of benzene rings is 1. The molecule has 0 radical (unpaired) electrons. The Morgan fingerprint density at radius 1 is 1.00 bits per heavy atom. The van der Waals surface area contributed by atoms with Gasteiger partial charge in [0.1, 0.15) is 0 Å². The van der Waals surface area contributed by atoms with Crippen molar-refractivity contribution in [2.24, 2.45) is 0 Å². The number of hydrogen-bond acceptors (Lipinski definition) is 2. The maximum absolute atomic E-state index is 12.3. The van der Waals surface area contributed by atoms with Crippen LogP contribution in [0, 0.1) is 27.7 Å². The largest absolute Gasteiger partial charge is 0.481 e. The molecule has 1 amide bonds. The predicted molar refractivity (Wildman–Crippen MR) is 88.0 cm³/mol. The Labute approximate surface area is 134 Å². The number of carbonyl (C=O) groups is 2. The molecule has 0 fully saturated rings. The summed E-state index contributed by atoms with van der Waals surface area (Å²) in [6.07, 6.45) is -0.119. The van der Waals surface area contributed by atoms with Crippen molar-refractivity contribution in [3.63, 3.8) is 0 Å². The third-order valence-corrected chi connectivity index (χ3v) is 5.12. The van der Waals surface area contributed by atoms with E-state index in [1.807, 2.05) is 34.6 Å². The van der Waals surface area contributed by atoms with Crippen LogP contribution in [0.4, 0.5) is 5.69 Å². The van der Waals surface area contributed by atoms with Crippen LogP contribution in [0.15, 0.2) is 4.47 Å². The highest BCUT2D eigenvalue weighted by Gasteiger charge is 2.22. The minimum absolute atomic E-state index is 0.0204. The van der Waals surface area contributed by atoms with Gasteiger partial charge in [0.05, 0.1) is 12.1 Å². The highest BCUT2D eigenvalue weighted by molar-refractivity contribution is 9.10. The Bertz CT molecular complexity index is 552. The van der Waals surface area contributed by atoms with Crippen LogP contribution in [-0.4, -0.2) is 23.5 Å². The second-order valence-corrected chi connectivity index (χ2v) is 5.99. The first-order chi connectivity index (χ1) is 9.72. The van der Waals surface area contributed by atoms with E-state index in [0.29, 0.717) is 6.54 Å². The van der Waals surface area contributed by atoms with Crippen molar-refractivity contribution in [1.82, 2.24) is 0 Å². The van der Waals surface area contributed by atoms with Gasteiger partial charge < -0.3 is 10.0 Å². The lowest BCUT2D eigenvalue weighted by molar-refractivity contribution is -0.138. The number of carboxylic acid groups (broad SMARTS) is 1. The molecule has 1 aromatic carbocycles. The fourth-order valence-electron chi connectivity index (χ4n) is 2.50. The van der Waals surface area contributed by atoms with E-state index in [0.717, 1.165) is 26.9 Å². The van der Waals surface area contributed by atoms with Gasteiger partial charge in [-0.1, -0.05) is 15.9 Å². The SMILES string of the molecule is CCN(C(=O)CCC(=O)O)c1c(C)c(C)c(C)c(Br)c1C. The van der Waals surface area contributed by atoms with E-state index in [-0.39, 0.29) is 18.7 Å². The average Bonchev–Trinajstić information content (AvgIpc) is 2.45. The van der Waals surface area contributed by atoms with Gasteiger partial charge in [-0.2, -0.15) is 0 Å². The molecule has 1 aromatic rings. The second kappa shape index (κ2) is 7.07. The Morgan fingerprint density at radius 2 is 1.57 bits per heavy atom. The van der Waals surface area contributed by atoms with E-state index >= 15 is 0 Å². The van der Waals surface area contributed by atoms with Gasteiger partial charge in [0.2, 0.25) is 5.91 Å². The fourth-order valence-corrected chi connectivity index (χ4v) is 2.99. The highest BCUT2D eigenvalue weighted by atomic mass is 79.9. The zero-order valence-electron chi connectivity index (χ0n) is 13.2. The fraction of sp³-hybridized carbons (Fsp3) is 0.500. The van der Waals surface area contributed by atoms with Crippen molar-refractivity contribution in [2.75, 3.05) is 11.4 Å². The smallest absolute Gasteiger partial charge is 0.303 e. The first-order valence-corrected chi connectivity index (χ1v) is 7.79. The maximum Gasteiger partial charge on any atom is 0.303 e. The lowest BCUT2D eigenvalue weighted by Gasteiger charge is -2.27. The Morgan fingerprint density at radius 3 is 2.05 bits per heavy atom. The van der Waals surface area contributed by atoms with Crippen LogP contribution in [0.3, 0.4) is 0 Å². The number of rotatable bonds is 5. The molecule has 0 bridgehead atoms. The van der Waals surface area contributed by atoms with Gasteiger partial charge >= 0.3 is 5.97 Å². The normalized spacial score (nSPS) is 10.6. The number of amides is 1. The monoisotopic (exact) mass is 355 g/mol. The Balaban J connectivity index is 3.29. The zero-order chi connectivity index (χ0) is 16.3. The summed E-state index contributed by atoms with van der Waals surface area (Å²) in [4.78, 5) is 24.7. The Kier molecular flexibility index (Phi) is 5.96. The van der Waals surface area contributed by atoms with Gasteiger partial charge in [0.15, 0.2) is 0 Å². The van der Waals surface area contributed by atoms with Crippen molar-refractivity contribution < 1.29 is 14.7 Å². The molecule has 0 aliphatic heterocycles. The minimum Gasteiger partial charge on any atom is -0.481 e. The van der Waals surface area contributed by atoms with Crippen molar-refractivity contribution in [1.29, 1.82) is 0 Å². The third kappa shape index (κ3) is 3.64. The predicted octanol–water partition coefficient (Wildman–Crippen LogP) is 3.90. The van der Waals surface area contributed by atoms with E-state index in [1.54, 1.807) is 4.90 Å². The summed E-state index contributed by atoms with van der Waals surface area (Å²) in [5.41, 5.74) is 5.29. The molecule has 1 rings (SSSR count). The molecule has 0 aliphatic carbocycles. The third-order valence-electron chi connectivity index (χ3n) is 3.93. The van der Waals surface area contributed by atoms with E-state index < -0.39 is 5.97 Å². The molecule has 0 unspecified atom stereocenters. The lowest BCUT2D eigenvalue weighted by atomic mass is 9.97. The van der Waals surface area contributed by atoms with E-state index in [2.05, 4.69) is 15.9 Å². The van der Waals surface area contributed by atoms with Crippen LogP contribution >= 0.6 is 15.9 Å². The van der Waals surface area contributed by atoms with Crippen LogP contribution in [0.25, 0.3) is 0 Å². The van der Waals surface area contributed by atoms with Crippen LogP contribution in [0.1, 0.15) is 42.0 Å². The first kappa shape index (κ1) is 17.7. The number of halogens is 1. The van der Waals surface area contributed by atoms with Gasteiger partial charge in [-0.3, -0.25) is 9.59 Å². The summed E-state index contributed by atoms with van der Waals surface area (Å²) >= 11 is 3.59. The van der Waals surface area contributed by atoms with E-state index in [9.17, 15) is 9.59 Å². The summed E-state index contributed by atoms with van der Waals surface area (Å²) in [6, 6.07) is 0. The Hall–Kier alpha value is -1.36. The number of hydrogen-bond donors (Lipinski definition) is 1. The van der Waals surface area contributed by atoms with Crippen LogP contribution in [-0.2, 0) is 9.59 Å². The van der Waals surface area contributed by atoms with Crippen LogP contribution in [0.2, 0.25) is 0 Å². The van der Waals surface area contributed by atoms with Gasteiger partial charge in [-0.15, -0.1) is 0 Å². The molecule has 1 N–H and O–H groups in total. The quantitative estimate of drug-likeness (QED) is 0.871. The number of anilines is 1. The van der Waals surface area contributed by atoms with Crippen molar-refractivity contribution in [3.8, 4) is 0 Å². The molecule has 0 heterocycles. The minimum atomic E-state index is -0.950. The number of carbonyl (C=O) groups excluding carboxylic acids is 1. The molecule has 0 saturated carbocycles. The molecule has 5 heteroatoms. The first-order valence-electron chi connectivity index (χ1n) is 7.00. The number of nitrogens with zero attached hydrogens (tertiary/aromatic N) is 1. The summed E-state index contributed by atoms with van der Waals surface area (Å²) in [5.74, 6) is -1.10. The maximum atomic E-state index is 12.3. The average molecular weight is 356 g/mol. The van der Waals surface area contributed by atoms with Gasteiger partial charge in [0, 0.05) is 17.4 Å². The molecule has 0 aliphatic rings. The zero-order valence-corrected chi connectivity index (χ0v) is 14.8. The lowest BCUT2D eigenvalue weighted by Crippen LogP contribution is -2.32. The molecular weight excluding hydrogens is 334 g/mol. The van der Waals surface area contributed by atoms with Crippen LogP contribution < -0.4 is 4.90 Å². The summed E-state index contributed by atoms with van der Waals surface area (Å²) in [6.45, 7) is 10.5. The summed E-state index contributed by atoms with van der Waals surface area (Å²) in [5, 5.41) is 8.74. The standard InChI is InChI=1S/C16H22BrNO3/c1-6-18(13(19)7-8-14(20)21)16-11(4)9(2)10(3)15(17)12(16)5/h6-8H2,1-5H3,(H,20,21). The molecule has 4 nitrogen and oxygen atoms in total. The van der Waals surface area contributed by atoms with E-state index in [4.69, 9.17) is 5.11 Å². The van der Waals surface area contributed by atoms with Crippen molar-refractivity contribution in [3.05, 3.63) is 26.7 Å². The molecule has 116 valence electrons. The second-order valence-electron chi connectivity index (χ2n) is 5.19. The highest BCUT2D eigenvalue weighted by Crippen LogP contribution is 2.36. The van der Waals surface area contributed by atoms with Crippen LogP contribution in [0.5, 0.6) is 0 Å². The summed E-state index contributed by atoms with van der Waals surface area (Å²) < 4.78 is 1.00. The molecule has 0 aromatic heterocycles. The van der Waals surface area contributed by atoms with E-state index in [1.165, 1.54) is 5.56 Å². The molecular formula is C16H22BrNO3. The van der Waals surface area contributed by atoms with Gasteiger partial charge in [-0.25, -0.2) is 0 Å².